The number of rotatable bonds is 8. The number of ether oxygens (including phenoxy) is 1. The number of benzene rings is 2. The Bertz CT molecular complexity index is 1160. The topological polar surface area (TPSA) is 122 Å². The molecule has 0 bridgehead atoms. The molecule has 1 aliphatic heterocycles. The van der Waals surface area contributed by atoms with Gasteiger partial charge in [-0.15, -0.1) is 0 Å². The highest BCUT2D eigenvalue weighted by Crippen LogP contribution is 2.25. The number of carbonyl (C=O) groups excluding carboxylic acids is 1. The number of carbonyl (C=O) groups is 1. The van der Waals surface area contributed by atoms with Crippen LogP contribution in [-0.4, -0.2) is 53.8 Å². The fourth-order valence-corrected chi connectivity index (χ4v) is 5.88. The van der Waals surface area contributed by atoms with Crippen LogP contribution in [-0.2, 0) is 20.0 Å². The quantitative estimate of drug-likeness (QED) is 0.613. The Kier molecular flexibility index (Phi) is 6.99. The van der Waals surface area contributed by atoms with E-state index in [2.05, 4.69) is 10.0 Å². The molecule has 0 atom stereocenters. The van der Waals surface area contributed by atoms with Crippen molar-refractivity contribution in [2.75, 3.05) is 32.1 Å². The minimum absolute atomic E-state index is 0.0373. The molecule has 0 spiro atoms. The van der Waals surface area contributed by atoms with Gasteiger partial charge in [0.05, 0.1) is 22.5 Å². The van der Waals surface area contributed by atoms with Crippen molar-refractivity contribution in [1.29, 1.82) is 0 Å². The van der Waals surface area contributed by atoms with Crippen molar-refractivity contribution < 1.29 is 26.4 Å². The first-order valence-electron chi connectivity index (χ1n) is 9.78. The minimum Gasteiger partial charge on any atom is -0.496 e. The van der Waals surface area contributed by atoms with Gasteiger partial charge in [-0.3, -0.25) is 4.79 Å². The number of hydrogen-bond donors (Lipinski definition) is 2. The van der Waals surface area contributed by atoms with E-state index in [1.165, 1.54) is 53.9 Å². The van der Waals surface area contributed by atoms with Gasteiger partial charge in [0.2, 0.25) is 20.0 Å². The maximum atomic E-state index is 12.8. The molecule has 1 aliphatic rings. The maximum absolute atomic E-state index is 12.8. The van der Waals surface area contributed by atoms with E-state index < -0.39 is 26.0 Å². The zero-order valence-electron chi connectivity index (χ0n) is 17.3. The molecule has 0 aliphatic carbocycles. The maximum Gasteiger partial charge on any atom is 0.259 e. The summed E-state index contributed by atoms with van der Waals surface area (Å²) in [6, 6.07) is 9.85. The Labute approximate surface area is 182 Å². The third kappa shape index (κ3) is 5.06. The van der Waals surface area contributed by atoms with Crippen molar-refractivity contribution in [3.8, 4) is 5.75 Å². The van der Waals surface area contributed by atoms with E-state index in [0.717, 1.165) is 12.8 Å². The highest BCUT2D eigenvalue weighted by Gasteiger charge is 2.27. The van der Waals surface area contributed by atoms with E-state index >= 15 is 0 Å². The highest BCUT2D eigenvalue weighted by molar-refractivity contribution is 7.89. The summed E-state index contributed by atoms with van der Waals surface area (Å²) in [5.41, 5.74) is 0.405. The van der Waals surface area contributed by atoms with Gasteiger partial charge >= 0.3 is 0 Å². The zero-order chi connectivity index (χ0) is 22.6. The van der Waals surface area contributed by atoms with Crippen LogP contribution >= 0.6 is 0 Å². The van der Waals surface area contributed by atoms with E-state index in [1.807, 2.05) is 0 Å². The van der Waals surface area contributed by atoms with Crippen molar-refractivity contribution in [3.63, 3.8) is 0 Å². The van der Waals surface area contributed by atoms with Gasteiger partial charge in [-0.25, -0.2) is 21.6 Å². The number of hydrogen-bond acceptors (Lipinski definition) is 6. The smallest absolute Gasteiger partial charge is 0.259 e. The standard InChI is InChI=1S/C20H25N3O6S2/c1-3-21-30(25,26)17-10-11-19(29-2)18(14-17)20(24)22-15-6-8-16(9-7-15)31(27,28)23-12-4-5-13-23/h6-11,14,21H,3-5,12-13H2,1-2H3,(H,22,24). The lowest BCUT2D eigenvalue weighted by Gasteiger charge is -2.16. The van der Waals surface area contributed by atoms with Gasteiger partial charge in [-0.2, -0.15) is 4.31 Å². The fourth-order valence-electron chi connectivity index (χ4n) is 3.29. The van der Waals surface area contributed by atoms with Crippen molar-refractivity contribution in [2.24, 2.45) is 0 Å². The van der Waals surface area contributed by atoms with E-state index in [-0.39, 0.29) is 27.6 Å². The van der Waals surface area contributed by atoms with Crippen LogP contribution in [0.5, 0.6) is 5.75 Å². The SMILES string of the molecule is CCNS(=O)(=O)c1ccc(OC)c(C(=O)Nc2ccc(S(=O)(=O)N3CCCC3)cc2)c1. The summed E-state index contributed by atoms with van der Waals surface area (Å²) in [5, 5.41) is 2.65. The summed E-state index contributed by atoms with van der Waals surface area (Å²) >= 11 is 0. The molecule has 9 nitrogen and oxygen atoms in total. The second kappa shape index (κ2) is 9.35. The summed E-state index contributed by atoms with van der Waals surface area (Å²) in [6.45, 7) is 2.88. The number of amides is 1. The normalized spacial score (nSPS) is 15.0. The minimum atomic E-state index is -3.75. The number of sulfonamides is 2. The molecule has 0 saturated carbocycles. The molecule has 1 fully saturated rings. The second-order valence-corrected chi connectivity index (χ2v) is 10.7. The first-order chi connectivity index (χ1) is 14.7. The average Bonchev–Trinajstić information content (AvgIpc) is 3.29. The Morgan fingerprint density at radius 1 is 1.00 bits per heavy atom. The Morgan fingerprint density at radius 3 is 2.19 bits per heavy atom. The van der Waals surface area contributed by atoms with Gasteiger partial charge in [0.25, 0.3) is 5.91 Å². The average molecular weight is 468 g/mol. The monoisotopic (exact) mass is 467 g/mol. The number of anilines is 1. The molecule has 0 aromatic heterocycles. The first kappa shape index (κ1) is 23.2. The van der Waals surface area contributed by atoms with Crippen LogP contribution in [0.3, 0.4) is 0 Å². The van der Waals surface area contributed by atoms with Gasteiger partial charge in [-0.1, -0.05) is 6.92 Å². The molecule has 2 aromatic rings. The lowest BCUT2D eigenvalue weighted by atomic mass is 10.2. The lowest BCUT2D eigenvalue weighted by molar-refractivity contribution is 0.102. The molecule has 0 unspecified atom stereocenters. The van der Waals surface area contributed by atoms with Crippen molar-refractivity contribution in [3.05, 3.63) is 48.0 Å². The number of nitrogens with zero attached hydrogens (tertiary/aromatic N) is 1. The van der Waals surface area contributed by atoms with Gasteiger partial charge < -0.3 is 10.1 Å². The molecule has 11 heteroatoms. The second-order valence-electron chi connectivity index (χ2n) is 6.95. The van der Waals surface area contributed by atoms with E-state index in [1.54, 1.807) is 6.92 Å². The molecule has 3 rings (SSSR count). The lowest BCUT2D eigenvalue weighted by Crippen LogP contribution is -2.27. The predicted octanol–water partition coefficient (Wildman–Crippen LogP) is 2.03. The molecule has 2 N–H and O–H groups in total. The fraction of sp³-hybridized carbons (Fsp3) is 0.350. The van der Waals surface area contributed by atoms with Gasteiger partial charge in [0, 0.05) is 25.3 Å². The molecule has 31 heavy (non-hydrogen) atoms. The largest absolute Gasteiger partial charge is 0.496 e. The first-order valence-corrected chi connectivity index (χ1v) is 12.7. The van der Waals surface area contributed by atoms with Crippen molar-refractivity contribution in [1.82, 2.24) is 9.03 Å². The Morgan fingerprint density at radius 2 is 1.61 bits per heavy atom. The Balaban J connectivity index is 1.83. The summed E-state index contributed by atoms with van der Waals surface area (Å²) in [6.07, 6.45) is 1.69. The van der Waals surface area contributed by atoms with Gasteiger partial charge in [0.15, 0.2) is 0 Å². The van der Waals surface area contributed by atoms with Crippen LogP contribution in [0.15, 0.2) is 52.3 Å². The highest BCUT2D eigenvalue weighted by atomic mass is 32.2. The Hall–Kier alpha value is -2.47. The zero-order valence-corrected chi connectivity index (χ0v) is 18.9. The predicted molar refractivity (Wildman–Crippen MR) is 116 cm³/mol. The molecule has 1 amide bonds. The number of nitrogens with one attached hydrogen (secondary N) is 2. The van der Waals surface area contributed by atoms with Gasteiger partial charge in [0.1, 0.15) is 5.75 Å². The summed E-state index contributed by atoms with van der Waals surface area (Å²) < 4.78 is 58.8. The van der Waals surface area contributed by atoms with E-state index in [0.29, 0.717) is 18.8 Å². The van der Waals surface area contributed by atoms with Crippen LogP contribution in [0.25, 0.3) is 0 Å². The molecule has 1 saturated heterocycles. The van der Waals surface area contributed by atoms with Crippen molar-refractivity contribution in [2.45, 2.75) is 29.6 Å². The van der Waals surface area contributed by atoms with Gasteiger partial charge in [-0.05, 0) is 55.3 Å². The van der Waals surface area contributed by atoms with Crippen LogP contribution in [0, 0.1) is 0 Å². The van der Waals surface area contributed by atoms with E-state index in [9.17, 15) is 21.6 Å². The van der Waals surface area contributed by atoms with E-state index in [4.69, 9.17) is 4.74 Å². The third-order valence-corrected chi connectivity index (χ3v) is 8.33. The molecule has 168 valence electrons. The van der Waals surface area contributed by atoms with Crippen LogP contribution in [0.2, 0.25) is 0 Å². The third-order valence-electron chi connectivity index (χ3n) is 4.88. The summed E-state index contributed by atoms with van der Waals surface area (Å²) in [5.74, 6) is -0.373. The summed E-state index contributed by atoms with van der Waals surface area (Å²) in [7, 11) is -5.92. The van der Waals surface area contributed by atoms with Crippen LogP contribution in [0.1, 0.15) is 30.1 Å². The molecule has 2 aromatic carbocycles. The van der Waals surface area contributed by atoms with Crippen LogP contribution in [0.4, 0.5) is 5.69 Å². The van der Waals surface area contributed by atoms with Crippen molar-refractivity contribution >= 4 is 31.6 Å². The number of methoxy groups -OCH3 is 1. The molecular formula is C20H25N3O6S2. The molecule has 1 heterocycles. The molecule has 0 radical (unpaired) electrons. The molecular weight excluding hydrogens is 442 g/mol. The summed E-state index contributed by atoms with van der Waals surface area (Å²) in [4.78, 5) is 12.9. The van der Waals surface area contributed by atoms with Crippen LogP contribution < -0.4 is 14.8 Å².